The SMILES string of the molecule is Cc1[nH]c([C@@H]2[C@H](c3ccccc3)CCCN2C(=O)/C=C/c2cc(Cl)ccc2-n2cnnn2)nc1-c1ccc(NC(=O)O)cc1. The standard InChI is InChI=1S/C32H29ClN8O3/c1-20-29(22-9-13-25(14-10-22)36-32(43)44)37-31(35-20)30-26(21-6-3-2-4-7-21)8-5-17-40(30)28(42)16-11-23-18-24(33)12-15-27(23)41-19-34-38-39-41/h2-4,6-7,9-16,18-19,26,30,36H,5,8,17H2,1H3,(H,35,37)(H,43,44)/b16-11+/t26-,30-/m0/s1. The largest absolute Gasteiger partial charge is 0.465 e. The smallest absolute Gasteiger partial charge is 0.409 e. The summed E-state index contributed by atoms with van der Waals surface area (Å²) in [7, 11) is 0. The zero-order valence-electron chi connectivity index (χ0n) is 23.8. The van der Waals surface area contributed by atoms with Crippen molar-refractivity contribution in [3.8, 4) is 16.9 Å². The molecule has 3 heterocycles. The van der Waals surface area contributed by atoms with E-state index in [9.17, 15) is 9.59 Å². The lowest BCUT2D eigenvalue weighted by atomic mass is 9.83. The number of carbonyl (C=O) groups excluding carboxylic acids is 1. The summed E-state index contributed by atoms with van der Waals surface area (Å²) in [4.78, 5) is 35.4. The predicted octanol–water partition coefficient (Wildman–Crippen LogP) is 6.26. The second-order valence-electron chi connectivity index (χ2n) is 10.5. The van der Waals surface area contributed by atoms with Gasteiger partial charge in [-0.2, -0.15) is 4.68 Å². The summed E-state index contributed by atoms with van der Waals surface area (Å²) in [5.74, 6) is 0.557. The van der Waals surface area contributed by atoms with Gasteiger partial charge in [0.05, 0.1) is 17.4 Å². The molecule has 0 unspecified atom stereocenters. The Morgan fingerprint density at radius 3 is 2.61 bits per heavy atom. The molecule has 3 aromatic carbocycles. The number of rotatable bonds is 7. The predicted molar refractivity (Wildman–Crippen MR) is 166 cm³/mol. The third kappa shape index (κ3) is 6.09. The van der Waals surface area contributed by atoms with E-state index >= 15 is 0 Å². The fourth-order valence-electron chi connectivity index (χ4n) is 5.77. The summed E-state index contributed by atoms with van der Waals surface area (Å²) in [6.07, 6.45) is 5.39. The Labute approximate surface area is 258 Å². The normalized spacial score (nSPS) is 16.7. The van der Waals surface area contributed by atoms with Crippen molar-refractivity contribution in [2.75, 3.05) is 11.9 Å². The fraction of sp³-hybridized carbons (Fsp3) is 0.188. The van der Waals surface area contributed by atoms with Crippen LogP contribution in [0.25, 0.3) is 23.0 Å². The van der Waals surface area contributed by atoms with Gasteiger partial charge in [0.15, 0.2) is 0 Å². The van der Waals surface area contributed by atoms with Gasteiger partial charge in [0.25, 0.3) is 0 Å². The number of carboxylic acid groups (broad SMARTS) is 1. The Morgan fingerprint density at radius 1 is 1.09 bits per heavy atom. The first-order chi connectivity index (χ1) is 21.4. The first-order valence-electron chi connectivity index (χ1n) is 14.1. The van der Waals surface area contributed by atoms with Crippen molar-refractivity contribution in [3.05, 3.63) is 113 Å². The summed E-state index contributed by atoms with van der Waals surface area (Å²) in [6.45, 7) is 2.51. The van der Waals surface area contributed by atoms with Crippen LogP contribution in [0.3, 0.4) is 0 Å². The van der Waals surface area contributed by atoms with Crippen molar-refractivity contribution in [1.29, 1.82) is 0 Å². The molecule has 2 aromatic heterocycles. The minimum Gasteiger partial charge on any atom is -0.465 e. The minimum atomic E-state index is -1.12. The Kier molecular flexibility index (Phi) is 8.20. The molecule has 1 fully saturated rings. The molecule has 5 aromatic rings. The van der Waals surface area contributed by atoms with Gasteiger partial charge in [-0.25, -0.2) is 9.78 Å². The average molecular weight is 609 g/mol. The van der Waals surface area contributed by atoms with E-state index < -0.39 is 6.09 Å². The molecule has 3 N–H and O–H groups in total. The molecule has 0 spiro atoms. The quantitative estimate of drug-likeness (QED) is 0.185. The topological polar surface area (TPSA) is 142 Å². The molecule has 2 atom stereocenters. The summed E-state index contributed by atoms with van der Waals surface area (Å²) < 4.78 is 1.52. The van der Waals surface area contributed by atoms with Crippen molar-refractivity contribution >= 4 is 35.4 Å². The molecule has 6 rings (SSSR count). The molecule has 1 saturated heterocycles. The van der Waals surface area contributed by atoms with Crippen LogP contribution >= 0.6 is 11.6 Å². The maximum absolute atomic E-state index is 14.0. The van der Waals surface area contributed by atoms with Crippen LogP contribution in [0.2, 0.25) is 5.02 Å². The minimum absolute atomic E-state index is 0.0193. The number of likely N-dealkylation sites (tertiary alicyclic amines) is 1. The lowest BCUT2D eigenvalue weighted by Gasteiger charge is -2.40. The number of nitrogens with one attached hydrogen (secondary N) is 2. The lowest BCUT2D eigenvalue weighted by Crippen LogP contribution is -2.41. The van der Waals surface area contributed by atoms with E-state index in [1.807, 2.05) is 42.2 Å². The third-order valence-electron chi connectivity index (χ3n) is 7.73. The number of tetrazole rings is 1. The van der Waals surface area contributed by atoms with Crippen LogP contribution in [0.1, 0.15) is 47.4 Å². The van der Waals surface area contributed by atoms with Gasteiger partial charge < -0.3 is 15.0 Å². The molecule has 222 valence electrons. The molecule has 0 bridgehead atoms. The molecule has 11 nitrogen and oxygen atoms in total. The Bertz CT molecular complexity index is 1800. The van der Waals surface area contributed by atoms with Crippen LogP contribution in [0.4, 0.5) is 10.5 Å². The molecule has 12 heteroatoms. The van der Waals surface area contributed by atoms with Crippen LogP contribution in [0.15, 0.2) is 85.2 Å². The van der Waals surface area contributed by atoms with Crippen molar-refractivity contribution in [3.63, 3.8) is 0 Å². The van der Waals surface area contributed by atoms with Gasteiger partial charge in [-0.05, 0) is 72.2 Å². The number of benzene rings is 3. The molecule has 0 saturated carbocycles. The highest BCUT2D eigenvalue weighted by atomic mass is 35.5. The lowest BCUT2D eigenvalue weighted by molar-refractivity contribution is -0.130. The second kappa shape index (κ2) is 12.5. The fourth-order valence-corrected chi connectivity index (χ4v) is 5.95. The van der Waals surface area contributed by atoms with E-state index in [1.165, 1.54) is 11.0 Å². The molecule has 0 aliphatic carbocycles. The third-order valence-corrected chi connectivity index (χ3v) is 7.96. The Hall–Kier alpha value is -5.29. The number of anilines is 1. The molecule has 2 amide bonds. The summed E-state index contributed by atoms with van der Waals surface area (Å²) in [5.41, 5.74) is 5.42. The Balaban J connectivity index is 1.35. The van der Waals surface area contributed by atoms with E-state index in [2.05, 4.69) is 38.0 Å². The van der Waals surface area contributed by atoms with Crippen LogP contribution < -0.4 is 5.32 Å². The van der Waals surface area contributed by atoms with Gasteiger partial charge in [0, 0.05) is 46.1 Å². The van der Waals surface area contributed by atoms with Gasteiger partial charge in [-0.3, -0.25) is 10.1 Å². The number of aromatic amines is 1. The van der Waals surface area contributed by atoms with Gasteiger partial charge in [0.2, 0.25) is 5.91 Å². The first-order valence-corrected chi connectivity index (χ1v) is 14.5. The molecular weight excluding hydrogens is 580 g/mol. The number of H-pyrrole nitrogens is 1. The number of piperidine rings is 1. The second-order valence-corrected chi connectivity index (χ2v) is 11.0. The number of imidazole rings is 1. The number of halogens is 1. The van der Waals surface area contributed by atoms with Crippen molar-refractivity contribution < 1.29 is 14.7 Å². The maximum atomic E-state index is 14.0. The number of carbonyl (C=O) groups is 2. The number of hydrogen-bond donors (Lipinski definition) is 3. The highest BCUT2D eigenvalue weighted by Gasteiger charge is 2.38. The van der Waals surface area contributed by atoms with Crippen molar-refractivity contribution in [2.24, 2.45) is 0 Å². The van der Waals surface area contributed by atoms with Crippen LogP contribution in [-0.4, -0.2) is 58.7 Å². The first kappa shape index (κ1) is 28.8. The Morgan fingerprint density at radius 2 is 1.89 bits per heavy atom. The molecule has 1 aliphatic heterocycles. The number of aryl methyl sites for hydroxylation is 1. The van der Waals surface area contributed by atoms with Crippen molar-refractivity contribution in [2.45, 2.75) is 31.7 Å². The van der Waals surface area contributed by atoms with Crippen LogP contribution in [-0.2, 0) is 4.79 Å². The molecular formula is C32H29ClN8O3. The van der Waals surface area contributed by atoms with E-state index in [4.69, 9.17) is 21.7 Å². The van der Waals surface area contributed by atoms with E-state index in [1.54, 1.807) is 42.5 Å². The summed E-state index contributed by atoms with van der Waals surface area (Å²) in [5, 5.41) is 23.3. The number of aromatic nitrogens is 6. The monoisotopic (exact) mass is 608 g/mol. The van der Waals surface area contributed by atoms with Gasteiger partial charge in [0.1, 0.15) is 12.2 Å². The number of hydrogen-bond acceptors (Lipinski definition) is 6. The van der Waals surface area contributed by atoms with Crippen molar-refractivity contribution in [1.82, 2.24) is 35.1 Å². The summed E-state index contributed by atoms with van der Waals surface area (Å²) in [6, 6.07) is 22.2. The average Bonchev–Trinajstić information content (AvgIpc) is 3.70. The van der Waals surface area contributed by atoms with Gasteiger partial charge >= 0.3 is 6.09 Å². The van der Waals surface area contributed by atoms with E-state index in [0.717, 1.165) is 35.4 Å². The maximum Gasteiger partial charge on any atom is 0.409 e. The highest BCUT2D eigenvalue weighted by molar-refractivity contribution is 6.30. The number of nitrogens with zero attached hydrogens (tertiary/aromatic N) is 6. The zero-order valence-corrected chi connectivity index (χ0v) is 24.5. The zero-order chi connectivity index (χ0) is 30.6. The molecule has 44 heavy (non-hydrogen) atoms. The van der Waals surface area contributed by atoms with Gasteiger partial charge in [-0.15, -0.1) is 5.10 Å². The van der Waals surface area contributed by atoms with Gasteiger partial charge in [-0.1, -0.05) is 54.1 Å². The van der Waals surface area contributed by atoms with Crippen LogP contribution in [0, 0.1) is 6.92 Å². The molecule has 0 radical (unpaired) electrons. The summed E-state index contributed by atoms with van der Waals surface area (Å²) >= 11 is 6.30. The van der Waals surface area contributed by atoms with E-state index in [0.29, 0.717) is 34.3 Å². The van der Waals surface area contributed by atoms with Crippen LogP contribution in [0.5, 0.6) is 0 Å². The van der Waals surface area contributed by atoms with E-state index in [-0.39, 0.29) is 17.9 Å². The molecule has 1 aliphatic rings. The number of amides is 2. The highest BCUT2D eigenvalue weighted by Crippen LogP contribution is 2.42.